The number of amides is 1. The minimum absolute atomic E-state index is 0.139. The van der Waals surface area contributed by atoms with Crippen LogP contribution in [-0.2, 0) is 6.54 Å². The van der Waals surface area contributed by atoms with Gasteiger partial charge < -0.3 is 0 Å². The molecule has 0 saturated carbocycles. The lowest BCUT2D eigenvalue weighted by Crippen LogP contribution is -2.31. The van der Waals surface area contributed by atoms with Crippen molar-refractivity contribution < 1.29 is 4.79 Å². The highest BCUT2D eigenvalue weighted by Crippen LogP contribution is 2.32. The molecular formula is C23H17ClN4OS. The Morgan fingerprint density at radius 3 is 2.70 bits per heavy atom. The summed E-state index contributed by atoms with van der Waals surface area (Å²) in [6.07, 6.45) is 1.86. The Hall–Kier alpha value is -3.22. The highest BCUT2D eigenvalue weighted by molar-refractivity contribution is 7.22. The minimum atomic E-state index is -0.139. The Morgan fingerprint density at radius 1 is 1.07 bits per heavy atom. The number of anilines is 1. The van der Waals surface area contributed by atoms with Gasteiger partial charge in [0.05, 0.1) is 22.5 Å². The van der Waals surface area contributed by atoms with Crippen LogP contribution in [0.3, 0.4) is 0 Å². The van der Waals surface area contributed by atoms with Crippen molar-refractivity contribution in [3.05, 3.63) is 94.9 Å². The van der Waals surface area contributed by atoms with Crippen LogP contribution < -0.4 is 4.90 Å². The summed E-state index contributed by atoms with van der Waals surface area (Å²) in [4.78, 5) is 24.8. The summed E-state index contributed by atoms with van der Waals surface area (Å²) in [5.41, 5.74) is 3.82. The Morgan fingerprint density at radius 2 is 1.87 bits per heavy atom. The van der Waals surface area contributed by atoms with E-state index >= 15 is 0 Å². The molecule has 5 nitrogen and oxygen atoms in total. The van der Waals surface area contributed by atoms with E-state index in [1.807, 2.05) is 84.3 Å². The summed E-state index contributed by atoms with van der Waals surface area (Å²) in [7, 11) is 0. The molecule has 7 heteroatoms. The van der Waals surface area contributed by atoms with Crippen LogP contribution in [0.4, 0.5) is 5.13 Å². The maximum Gasteiger partial charge on any atom is 0.279 e. The van der Waals surface area contributed by atoms with E-state index in [1.165, 1.54) is 11.3 Å². The number of thiazole rings is 1. The molecule has 0 fully saturated rings. The topological polar surface area (TPSA) is 50.5 Å². The van der Waals surface area contributed by atoms with Crippen LogP contribution in [0.1, 0.15) is 21.7 Å². The van der Waals surface area contributed by atoms with Gasteiger partial charge >= 0.3 is 0 Å². The van der Waals surface area contributed by atoms with Crippen molar-refractivity contribution in [1.29, 1.82) is 0 Å². The Kier molecular flexibility index (Phi) is 4.73. The Balaban J connectivity index is 1.64. The predicted molar refractivity (Wildman–Crippen MR) is 122 cm³/mol. The summed E-state index contributed by atoms with van der Waals surface area (Å²) in [6, 6.07) is 21.2. The highest BCUT2D eigenvalue weighted by atomic mass is 35.5. The maximum absolute atomic E-state index is 13.8. The monoisotopic (exact) mass is 432 g/mol. The number of nitrogens with zero attached hydrogens (tertiary/aromatic N) is 4. The normalized spacial score (nSPS) is 11.3. The number of hydrogen-bond acceptors (Lipinski definition) is 4. The molecule has 0 aliphatic rings. The van der Waals surface area contributed by atoms with Crippen molar-refractivity contribution in [3.63, 3.8) is 0 Å². The highest BCUT2D eigenvalue weighted by Gasteiger charge is 2.26. The molecular weight excluding hydrogens is 416 g/mol. The minimum Gasteiger partial charge on any atom is -0.295 e. The first kappa shape index (κ1) is 18.8. The molecule has 0 saturated heterocycles. The van der Waals surface area contributed by atoms with Crippen LogP contribution >= 0.6 is 22.9 Å². The largest absolute Gasteiger partial charge is 0.295 e. The van der Waals surface area contributed by atoms with Crippen LogP contribution in [0.2, 0.25) is 5.02 Å². The molecule has 0 radical (unpaired) electrons. The third-order valence-corrected chi connectivity index (χ3v) is 6.18. The van der Waals surface area contributed by atoms with Crippen molar-refractivity contribution in [3.8, 4) is 0 Å². The maximum atomic E-state index is 13.8. The molecule has 0 spiro atoms. The number of aryl methyl sites for hydroxylation is 1. The zero-order valence-corrected chi connectivity index (χ0v) is 17.7. The molecule has 0 bridgehead atoms. The van der Waals surface area contributed by atoms with E-state index in [0.29, 0.717) is 28.1 Å². The first-order chi connectivity index (χ1) is 14.6. The fourth-order valence-electron chi connectivity index (χ4n) is 3.49. The molecule has 148 valence electrons. The summed E-state index contributed by atoms with van der Waals surface area (Å²) >= 11 is 7.61. The van der Waals surface area contributed by atoms with Gasteiger partial charge in [-0.25, -0.2) is 9.97 Å². The molecule has 5 rings (SSSR count). The van der Waals surface area contributed by atoms with E-state index in [2.05, 4.69) is 4.98 Å². The van der Waals surface area contributed by atoms with E-state index < -0.39 is 0 Å². The van der Waals surface area contributed by atoms with Crippen molar-refractivity contribution in [2.45, 2.75) is 13.5 Å². The molecule has 0 unspecified atom stereocenters. The number of halogens is 1. The van der Waals surface area contributed by atoms with Crippen molar-refractivity contribution in [1.82, 2.24) is 14.4 Å². The summed E-state index contributed by atoms with van der Waals surface area (Å²) < 4.78 is 2.78. The molecule has 0 N–H and O–H groups in total. The van der Waals surface area contributed by atoms with Gasteiger partial charge in [0.25, 0.3) is 5.91 Å². The van der Waals surface area contributed by atoms with Crippen molar-refractivity contribution in [2.75, 3.05) is 4.90 Å². The van der Waals surface area contributed by atoms with Crippen LogP contribution in [0, 0.1) is 6.92 Å². The first-order valence-corrected chi connectivity index (χ1v) is 10.7. The third kappa shape index (κ3) is 3.34. The van der Waals surface area contributed by atoms with E-state index in [-0.39, 0.29) is 5.91 Å². The van der Waals surface area contributed by atoms with Gasteiger partial charge in [-0.3, -0.25) is 14.1 Å². The predicted octanol–water partition coefficient (Wildman–Crippen LogP) is 5.75. The van der Waals surface area contributed by atoms with Crippen LogP contribution in [0.25, 0.3) is 15.9 Å². The SMILES string of the molecule is Cc1nc2ccccn2c1C(=O)N(Cc1ccccc1)c1nc2ccc(Cl)cc2s1. The molecule has 3 heterocycles. The zero-order valence-electron chi connectivity index (χ0n) is 16.1. The molecule has 5 aromatic rings. The van der Waals surface area contributed by atoms with Gasteiger partial charge in [-0.2, -0.15) is 0 Å². The van der Waals surface area contributed by atoms with Crippen LogP contribution in [0.15, 0.2) is 72.9 Å². The van der Waals surface area contributed by atoms with E-state index in [4.69, 9.17) is 16.6 Å². The Bertz CT molecular complexity index is 1380. The smallest absolute Gasteiger partial charge is 0.279 e. The van der Waals surface area contributed by atoms with Crippen LogP contribution in [0.5, 0.6) is 0 Å². The zero-order chi connectivity index (χ0) is 20.7. The number of carbonyl (C=O) groups is 1. The van der Waals surface area contributed by atoms with E-state index in [0.717, 1.165) is 21.4 Å². The number of imidazole rings is 1. The summed E-state index contributed by atoms with van der Waals surface area (Å²) in [5.74, 6) is -0.139. The Labute approximate surface area is 182 Å². The number of benzene rings is 2. The lowest BCUT2D eigenvalue weighted by atomic mass is 10.2. The molecule has 30 heavy (non-hydrogen) atoms. The number of hydrogen-bond donors (Lipinski definition) is 0. The average Bonchev–Trinajstić information content (AvgIpc) is 3.31. The van der Waals surface area contributed by atoms with Gasteiger partial charge in [-0.05, 0) is 42.8 Å². The molecule has 0 aliphatic heterocycles. The van der Waals surface area contributed by atoms with E-state index in [1.54, 1.807) is 4.90 Å². The number of fused-ring (bicyclic) bond motifs is 2. The number of pyridine rings is 1. The van der Waals surface area contributed by atoms with Gasteiger partial charge in [0.1, 0.15) is 11.3 Å². The molecule has 0 atom stereocenters. The molecule has 3 aromatic heterocycles. The fraction of sp³-hybridized carbons (Fsp3) is 0.0870. The second-order valence-corrected chi connectivity index (χ2v) is 8.41. The quantitative estimate of drug-likeness (QED) is 0.363. The van der Waals surface area contributed by atoms with Crippen molar-refractivity contribution >= 4 is 49.8 Å². The van der Waals surface area contributed by atoms with Gasteiger partial charge in [0.15, 0.2) is 5.13 Å². The van der Waals surface area contributed by atoms with E-state index in [9.17, 15) is 4.79 Å². The second kappa shape index (κ2) is 7.55. The van der Waals surface area contributed by atoms with Crippen LogP contribution in [-0.4, -0.2) is 20.3 Å². The lowest BCUT2D eigenvalue weighted by Gasteiger charge is -2.20. The van der Waals surface area contributed by atoms with Gasteiger partial charge in [-0.15, -0.1) is 0 Å². The summed E-state index contributed by atoms with van der Waals surface area (Å²) in [5, 5.41) is 1.28. The standard InChI is InChI=1S/C23H17ClN4OS/c1-15-21(27-12-6-5-9-20(27)25-15)22(29)28(14-16-7-3-2-4-8-16)23-26-18-11-10-17(24)13-19(18)30-23/h2-13H,14H2,1H3. The van der Waals surface area contributed by atoms with Gasteiger partial charge in [0, 0.05) is 11.2 Å². The average molecular weight is 433 g/mol. The second-order valence-electron chi connectivity index (χ2n) is 6.96. The molecule has 0 aliphatic carbocycles. The molecule has 2 aromatic carbocycles. The van der Waals surface area contributed by atoms with Gasteiger partial charge in [0.2, 0.25) is 0 Å². The number of rotatable bonds is 4. The number of carbonyl (C=O) groups excluding carboxylic acids is 1. The molecule has 1 amide bonds. The van der Waals surface area contributed by atoms with Gasteiger partial charge in [-0.1, -0.05) is 59.3 Å². The fourth-order valence-corrected chi connectivity index (χ4v) is 4.73. The summed E-state index contributed by atoms with van der Waals surface area (Å²) in [6.45, 7) is 2.27. The third-order valence-electron chi connectivity index (χ3n) is 4.91. The number of aromatic nitrogens is 3. The van der Waals surface area contributed by atoms with Crippen molar-refractivity contribution in [2.24, 2.45) is 0 Å². The lowest BCUT2D eigenvalue weighted by molar-refractivity contribution is 0.0979. The first-order valence-electron chi connectivity index (χ1n) is 9.46.